The third kappa shape index (κ3) is 6.21. The number of ether oxygens (including phenoxy) is 3. The topological polar surface area (TPSA) is 104 Å². The summed E-state index contributed by atoms with van der Waals surface area (Å²) in [5.41, 5.74) is 1.47. The molecule has 0 spiro atoms. The Bertz CT molecular complexity index is 1240. The lowest BCUT2D eigenvalue weighted by atomic mass is 10.0. The van der Waals surface area contributed by atoms with Crippen molar-refractivity contribution in [3.63, 3.8) is 0 Å². The maximum absolute atomic E-state index is 13.5. The van der Waals surface area contributed by atoms with Crippen LogP contribution in [0.25, 0.3) is 11.6 Å². The zero-order valence-electron chi connectivity index (χ0n) is 20.8. The first-order valence-corrected chi connectivity index (χ1v) is 11.7. The third-order valence-electron chi connectivity index (χ3n) is 5.10. The number of amides is 1. The van der Waals surface area contributed by atoms with Gasteiger partial charge in [0.25, 0.3) is 5.91 Å². The summed E-state index contributed by atoms with van der Waals surface area (Å²) in [6.07, 6.45) is 1.71. The minimum atomic E-state index is -0.801. The minimum absolute atomic E-state index is 0.0750. The van der Waals surface area contributed by atoms with Crippen molar-refractivity contribution in [1.29, 1.82) is 0 Å². The molecule has 0 saturated carbocycles. The summed E-state index contributed by atoms with van der Waals surface area (Å²) in [5.74, 6) is -1.42. The summed E-state index contributed by atoms with van der Waals surface area (Å²) in [5, 5.41) is 2.65. The van der Waals surface area contributed by atoms with Gasteiger partial charge in [0.1, 0.15) is 22.6 Å². The van der Waals surface area contributed by atoms with Crippen LogP contribution < -0.4 is 10.1 Å². The van der Waals surface area contributed by atoms with Gasteiger partial charge in [-0.05, 0) is 57.0 Å². The molecule has 1 aromatic heterocycles. The van der Waals surface area contributed by atoms with Gasteiger partial charge in [-0.15, -0.1) is 0 Å². The van der Waals surface area contributed by atoms with Crippen molar-refractivity contribution < 1.29 is 33.0 Å². The Kier molecular flexibility index (Phi) is 9.05. The van der Waals surface area contributed by atoms with Gasteiger partial charge in [-0.1, -0.05) is 42.5 Å². The molecule has 0 fully saturated rings. The van der Waals surface area contributed by atoms with E-state index < -0.39 is 17.8 Å². The van der Waals surface area contributed by atoms with E-state index in [-0.39, 0.29) is 36.0 Å². The summed E-state index contributed by atoms with van der Waals surface area (Å²) in [6, 6.07) is 16.4. The highest BCUT2D eigenvalue weighted by molar-refractivity contribution is 6.29. The summed E-state index contributed by atoms with van der Waals surface area (Å²) in [6.45, 7) is 7.44. The Labute approximate surface area is 209 Å². The van der Waals surface area contributed by atoms with Gasteiger partial charge in [-0.2, -0.15) is 0 Å². The zero-order chi connectivity index (χ0) is 26.1. The van der Waals surface area contributed by atoms with E-state index in [2.05, 4.69) is 5.32 Å². The van der Waals surface area contributed by atoms with Crippen LogP contribution in [0, 0.1) is 6.92 Å². The molecular formula is C28H29NO7. The first-order valence-electron chi connectivity index (χ1n) is 11.7. The van der Waals surface area contributed by atoms with Crippen LogP contribution in [0.3, 0.4) is 0 Å². The van der Waals surface area contributed by atoms with Gasteiger partial charge in [0.15, 0.2) is 0 Å². The number of anilines is 1. The van der Waals surface area contributed by atoms with Crippen molar-refractivity contribution >= 4 is 35.4 Å². The lowest BCUT2D eigenvalue weighted by Gasteiger charge is -2.10. The third-order valence-corrected chi connectivity index (χ3v) is 5.10. The number of nitrogens with one attached hydrogen (secondary N) is 1. The highest BCUT2D eigenvalue weighted by Crippen LogP contribution is 2.30. The molecule has 1 heterocycles. The molecular weight excluding hydrogens is 462 g/mol. The molecule has 3 aromatic rings. The van der Waals surface area contributed by atoms with Crippen LogP contribution in [-0.2, 0) is 14.3 Å². The molecule has 2 aromatic carbocycles. The fraction of sp³-hybridized carbons (Fsp3) is 0.250. The molecule has 188 valence electrons. The number of benzene rings is 2. The standard InChI is InChI=1S/C28H29NO7/c1-5-33-21-15-13-19(14-16-21)17-22(20-11-9-8-10-12-20)25(30)29-26-24(28(32)35-7-3)23(18(4)36-26)27(31)34-6-2/h8-17H,5-7H2,1-4H3,(H,29,30)/b22-17+. The Balaban J connectivity index is 2.03. The second-order valence-electron chi connectivity index (χ2n) is 7.56. The summed E-state index contributed by atoms with van der Waals surface area (Å²) < 4.78 is 21.3. The van der Waals surface area contributed by atoms with Crippen molar-refractivity contribution in [3.05, 3.63) is 82.6 Å². The number of rotatable bonds is 10. The monoisotopic (exact) mass is 491 g/mol. The minimum Gasteiger partial charge on any atom is -0.494 e. The average molecular weight is 492 g/mol. The maximum Gasteiger partial charge on any atom is 0.344 e. The van der Waals surface area contributed by atoms with E-state index in [1.165, 1.54) is 6.92 Å². The molecule has 1 N–H and O–H groups in total. The van der Waals surface area contributed by atoms with Crippen LogP contribution in [-0.4, -0.2) is 37.7 Å². The van der Waals surface area contributed by atoms with Gasteiger partial charge < -0.3 is 18.6 Å². The van der Waals surface area contributed by atoms with Crippen molar-refractivity contribution in [2.45, 2.75) is 27.7 Å². The number of carbonyl (C=O) groups excluding carboxylic acids is 3. The predicted molar refractivity (Wildman–Crippen MR) is 136 cm³/mol. The van der Waals surface area contributed by atoms with E-state index in [9.17, 15) is 14.4 Å². The second-order valence-corrected chi connectivity index (χ2v) is 7.56. The summed E-state index contributed by atoms with van der Waals surface area (Å²) in [4.78, 5) is 38.8. The Morgan fingerprint density at radius 2 is 1.44 bits per heavy atom. The fourth-order valence-electron chi connectivity index (χ4n) is 3.54. The normalized spacial score (nSPS) is 11.1. The Hall–Kier alpha value is -4.33. The van der Waals surface area contributed by atoms with Gasteiger partial charge in [-0.25, -0.2) is 9.59 Å². The fourth-order valence-corrected chi connectivity index (χ4v) is 3.54. The molecule has 0 aliphatic carbocycles. The van der Waals surface area contributed by atoms with Gasteiger partial charge in [0.05, 0.1) is 19.8 Å². The van der Waals surface area contributed by atoms with E-state index >= 15 is 0 Å². The molecule has 0 aliphatic heterocycles. The summed E-state index contributed by atoms with van der Waals surface area (Å²) >= 11 is 0. The summed E-state index contributed by atoms with van der Waals surface area (Å²) in [7, 11) is 0. The van der Waals surface area contributed by atoms with E-state index in [1.54, 1.807) is 32.1 Å². The van der Waals surface area contributed by atoms with Crippen molar-refractivity contribution in [2.24, 2.45) is 0 Å². The number of furan rings is 1. The lowest BCUT2D eigenvalue weighted by Crippen LogP contribution is -2.18. The molecule has 8 heteroatoms. The molecule has 0 saturated heterocycles. The molecule has 1 amide bonds. The van der Waals surface area contributed by atoms with Crippen molar-refractivity contribution in [3.8, 4) is 5.75 Å². The number of esters is 2. The molecule has 0 atom stereocenters. The number of carbonyl (C=O) groups is 3. The molecule has 3 rings (SSSR count). The lowest BCUT2D eigenvalue weighted by molar-refractivity contribution is -0.111. The van der Waals surface area contributed by atoms with E-state index in [0.29, 0.717) is 17.7 Å². The molecule has 0 bridgehead atoms. The van der Waals surface area contributed by atoms with Gasteiger partial charge in [-0.3, -0.25) is 10.1 Å². The van der Waals surface area contributed by atoms with Crippen LogP contribution in [0.4, 0.5) is 5.88 Å². The Morgan fingerprint density at radius 1 is 0.833 bits per heavy atom. The molecule has 0 aliphatic rings. The number of aryl methyl sites for hydroxylation is 1. The van der Waals surface area contributed by atoms with Crippen molar-refractivity contribution in [2.75, 3.05) is 25.1 Å². The van der Waals surface area contributed by atoms with E-state index in [4.69, 9.17) is 18.6 Å². The van der Waals surface area contributed by atoms with E-state index in [1.807, 2.05) is 49.4 Å². The highest BCUT2D eigenvalue weighted by atomic mass is 16.5. The van der Waals surface area contributed by atoms with Crippen LogP contribution in [0.15, 0.2) is 59.0 Å². The van der Waals surface area contributed by atoms with Gasteiger partial charge in [0, 0.05) is 5.57 Å². The van der Waals surface area contributed by atoms with Gasteiger partial charge >= 0.3 is 11.9 Å². The van der Waals surface area contributed by atoms with Crippen LogP contribution in [0.5, 0.6) is 5.75 Å². The average Bonchev–Trinajstić information content (AvgIpc) is 3.20. The second kappa shape index (κ2) is 12.4. The quantitative estimate of drug-likeness (QED) is 0.226. The molecule has 8 nitrogen and oxygen atoms in total. The molecule has 0 unspecified atom stereocenters. The zero-order valence-corrected chi connectivity index (χ0v) is 20.8. The largest absolute Gasteiger partial charge is 0.494 e. The first-order chi connectivity index (χ1) is 17.4. The van der Waals surface area contributed by atoms with Gasteiger partial charge in [0.2, 0.25) is 5.88 Å². The first kappa shape index (κ1) is 26.3. The molecule has 36 heavy (non-hydrogen) atoms. The maximum atomic E-state index is 13.5. The number of hydrogen-bond donors (Lipinski definition) is 1. The van der Waals surface area contributed by atoms with E-state index in [0.717, 1.165) is 11.3 Å². The smallest absolute Gasteiger partial charge is 0.344 e. The highest BCUT2D eigenvalue weighted by Gasteiger charge is 2.32. The molecule has 0 radical (unpaired) electrons. The van der Waals surface area contributed by atoms with Crippen molar-refractivity contribution in [1.82, 2.24) is 0 Å². The SMILES string of the molecule is CCOC(=O)c1c(C)oc(NC(=O)/C(=C/c2ccc(OCC)cc2)c2ccccc2)c1C(=O)OCC. The van der Waals surface area contributed by atoms with Crippen LogP contribution in [0.2, 0.25) is 0 Å². The number of hydrogen-bond acceptors (Lipinski definition) is 7. The predicted octanol–water partition coefficient (Wildman–Crippen LogP) is 5.52. The van der Waals surface area contributed by atoms with Crippen LogP contribution >= 0.6 is 0 Å². The van der Waals surface area contributed by atoms with Crippen LogP contribution in [0.1, 0.15) is 58.4 Å². The Morgan fingerprint density at radius 3 is 2.03 bits per heavy atom.